The Balaban J connectivity index is 1.68. The molecule has 2 aromatic rings. The molecule has 0 radical (unpaired) electrons. The summed E-state index contributed by atoms with van der Waals surface area (Å²) in [7, 11) is 0. The molecule has 116 valence electrons. The van der Waals surface area contributed by atoms with E-state index in [1.807, 2.05) is 6.92 Å². The van der Waals surface area contributed by atoms with Crippen LogP contribution in [-0.4, -0.2) is 42.2 Å². The van der Waals surface area contributed by atoms with Gasteiger partial charge in [0, 0.05) is 13.1 Å². The van der Waals surface area contributed by atoms with E-state index in [4.69, 9.17) is 9.15 Å². The first-order chi connectivity index (χ1) is 10.6. The monoisotopic (exact) mass is 302 g/mol. The minimum Gasteiger partial charge on any atom is -0.466 e. The smallest absolute Gasteiger partial charge is 0.259 e. The molecule has 1 aliphatic rings. The van der Waals surface area contributed by atoms with Crippen molar-refractivity contribution in [2.75, 3.05) is 36.5 Å². The highest BCUT2D eigenvalue weighted by molar-refractivity contribution is 6.04. The van der Waals surface area contributed by atoms with E-state index in [-0.39, 0.29) is 5.91 Å². The molecule has 1 fully saturated rings. The second kappa shape index (κ2) is 6.15. The molecule has 1 aliphatic heterocycles. The molecule has 22 heavy (non-hydrogen) atoms. The molecule has 0 unspecified atom stereocenters. The van der Waals surface area contributed by atoms with Crippen LogP contribution in [0, 0.1) is 13.8 Å². The van der Waals surface area contributed by atoms with Crippen LogP contribution in [0.5, 0.6) is 0 Å². The Morgan fingerprint density at radius 1 is 1.23 bits per heavy atom. The molecule has 0 saturated carbocycles. The van der Waals surface area contributed by atoms with E-state index in [9.17, 15) is 4.79 Å². The average molecular weight is 302 g/mol. The summed E-state index contributed by atoms with van der Waals surface area (Å²) in [5.41, 5.74) is 1.08. The lowest BCUT2D eigenvalue weighted by atomic mass is 10.2. The molecule has 0 aliphatic carbocycles. The number of nitrogens with one attached hydrogen (secondary N) is 1. The van der Waals surface area contributed by atoms with Gasteiger partial charge in [-0.05, 0) is 19.9 Å². The van der Waals surface area contributed by atoms with Gasteiger partial charge in [0.25, 0.3) is 5.91 Å². The summed E-state index contributed by atoms with van der Waals surface area (Å²) in [6.07, 6.45) is 3.22. The summed E-state index contributed by atoms with van der Waals surface area (Å²) in [6, 6.07) is 1.72. The lowest BCUT2D eigenvalue weighted by Crippen LogP contribution is -2.37. The number of anilines is 2. The quantitative estimate of drug-likeness (QED) is 0.931. The molecule has 0 aromatic carbocycles. The molecule has 2 aromatic heterocycles. The highest BCUT2D eigenvalue weighted by atomic mass is 16.5. The van der Waals surface area contributed by atoms with Gasteiger partial charge in [0.2, 0.25) is 5.95 Å². The van der Waals surface area contributed by atoms with Crippen molar-refractivity contribution in [3.8, 4) is 0 Å². The number of nitrogens with zero attached hydrogens (tertiary/aromatic N) is 3. The molecule has 7 heteroatoms. The van der Waals surface area contributed by atoms with Crippen LogP contribution >= 0.6 is 0 Å². The van der Waals surface area contributed by atoms with E-state index in [0.717, 1.165) is 13.1 Å². The standard InChI is InChI=1S/C15H18N4O3/c1-10-7-13(11(2)22-10)14(20)18-12-8-16-15(17-9-12)19-3-5-21-6-4-19/h7-9H,3-6H2,1-2H3,(H,18,20). The van der Waals surface area contributed by atoms with Crippen LogP contribution < -0.4 is 10.2 Å². The summed E-state index contributed by atoms with van der Waals surface area (Å²) < 4.78 is 10.7. The van der Waals surface area contributed by atoms with Crippen molar-refractivity contribution < 1.29 is 13.9 Å². The fourth-order valence-electron chi connectivity index (χ4n) is 2.37. The minimum absolute atomic E-state index is 0.225. The Bertz CT molecular complexity index is 660. The fourth-order valence-corrected chi connectivity index (χ4v) is 2.37. The van der Waals surface area contributed by atoms with Crippen LogP contribution in [0.15, 0.2) is 22.9 Å². The number of hydrogen-bond donors (Lipinski definition) is 1. The van der Waals surface area contributed by atoms with Crippen molar-refractivity contribution in [1.82, 2.24) is 9.97 Å². The number of furan rings is 1. The van der Waals surface area contributed by atoms with Crippen LogP contribution in [0.25, 0.3) is 0 Å². The number of amides is 1. The van der Waals surface area contributed by atoms with E-state index in [1.165, 1.54) is 0 Å². The highest BCUT2D eigenvalue weighted by Gasteiger charge is 2.16. The number of ether oxygens (including phenoxy) is 1. The fraction of sp³-hybridized carbons (Fsp3) is 0.400. The zero-order chi connectivity index (χ0) is 15.5. The van der Waals surface area contributed by atoms with Crippen LogP contribution in [0.1, 0.15) is 21.9 Å². The topological polar surface area (TPSA) is 80.5 Å². The van der Waals surface area contributed by atoms with E-state index in [2.05, 4.69) is 20.2 Å². The third-order valence-electron chi connectivity index (χ3n) is 3.48. The first-order valence-corrected chi connectivity index (χ1v) is 7.16. The van der Waals surface area contributed by atoms with Gasteiger partial charge in [-0.1, -0.05) is 0 Å². The molecule has 1 N–H and O–H groups in total. The van der Waals surface area contributed by atoms with Crippen molar-refractivity contribution >= 4 is 17.5 Å². The molecule has 1 saturated heterocycles. The molecule has 3 heterocycles. The lowest BCUT2D eigenvalue weighted by molar-refractivity contribution is 0.102. The van der Waals surface area contributed by atoms with E-state index in [0.29, 0.717) is 41.9 Å². The maximum absolute atomic E-state index is 12.2. The molecule has 0 bridgehead atoms. The van der Waals surface area contributed by atoms with Crippen molar-refractivity contribution in [1.29, 1.82) is 0 Å². The first kappa shape index (κ1) is 14.5. The molecule has 1 amide bonds. The molecular formula is C15H18N4O3. The maximum Gasteiger partial charge on any atom is 0.259 e. The van der Waals surface area contributed by atoms with Gasteiger partial charge in [0.1, 0.15) is 11.5 Å². The number of hydrogen-bond acceptors (Lipinski definition) is 6. The molecular weight excluding hydrogens is 284 g/mol. The third kappa shape index (κ3) is 3.09. The van der Waals surface area contributed by atoms with Crippen LogP contribution in [0.2, 0.25) is 0 Å². The van der Waals surface area contributed by atoms with E-state index < -0.39 is 0 Å². The van der Waals surface area contributed by atoms with Crippen molar-refractivity contribution in [2.24, 2.45) is 0 Å². The summed E-state index contributed by atoms with van der Waals surface area (Å²) in [4.78, 5) is 22.8. The van der Waals surface area contributed by atoms with Gasteiger partial charge in [0.05, 0.1) is 36.9 Å². The van der Waals surface area contributed by atoms with Gasteiger partial charge < -0.3 is 19.4 Å². The van der Waals surface area contributed by atoms with Crippen LogP contribution in [-0.2, 0) is 4.74 Å². The predicted octanol–water partition coefficient (Wildman–Crippen LogP) is 1.78. The Kier molecular flexibility index (Phi) is 4.06. The highest BCUT2D eigenvalue weighted by Crippen LogP contribution is 2.16. The Labute approximate surface area is 128 Å². The number of carbonyl (C=O) groups is 1. The first-order valence-electron chi connectivity index (χ1n) is 7.16. The summed E-state index contributed by atoms with van der Waals surface area (Å²) in [5.74, 6) is 1.73. The van der Waals surface area contributed by atoms with Gasteiger partial charge in [-0.25, -0.2) is 9.97 Å². The maximum atomic E-state index is 12.2. The van der Waals surface area contributed by atoms with Crippen molar-refractivity contribution in [2.45, 2.75) is 13.8 Å². The lowest BCUT2D eigenvalue weighted by Gasteiger charge is -2.26. The summed E-state index contributed by atoms with van der Waals surface area (Å²) >= 11 is 0. The second-order valence-electron chi connectivity index (χ2n) is 5.15. The average Bonchev–Trinajstić information content (AvgIpc) is 2.88. The van der Waals surface area contributed by atoms with Gasteiger partial charge in [-0.3, -0.25) is 4.79 Å². The molecule has 7 nitrogen and oxygen atoms in total. The normalized spacial score (nSPS) is 14.9. The third-order valence-corrected chi connectivity index (χ3v) is 3.48. The van der Waals surface area contributed by atoms with Crippen molar-refractivity contribution in [3.63, 3.8) is 0 Å². The van der Waals surface area contributed by atoms with Gasteiger partial charge in [-0.2, -0.15) is 0 Å². The van der Waals surface area contributed by atoms with Crippen molar-refractivity contribution in [3.05, 3.63) is 35.5 Å². The van der Waals surface area contributed by atoms with E-state index in [1.54, 1.807) is 25.4 Å². The number of aryl methyl sites for hydroxylation is 2. The van der Waals surface area contributed by atoms with Crippen LogP contribution in [0.4, 0.5) is 11.6 Å². The minimum atomic E-state index is -0.225. The Morgan fingerprint density at radius 3 is 2.50 bits per heavy atom. The summed E-state index contributed by atoms with van der Waals surface area (Å²) in [6.45, 7) is 6.49. The second-order valence-corrected chi connectivity index (χ2v) is 5.15. The Morgan fingerprint density at radius 2 is 1.91 bits per heavy atom. The Hall–Kier alpha value is -2.41. The SMILES string of the molecule is Cc1cc(C(=O)Nc2cnc(N3CCOCC3)nc2)c(C)o1. The van der Waals surface area contributed by atoms with Gasteiger partial charge in [0.15, 0.2) is 0 Å². The zero-order valence-electron chi connectivity index (χ0n) is 12.6. The predicted molar refractivity (Wildman–Crippen MR) is 81.2 cm³/mol. The number of carbonyl (C=O) groups excluding carboxylic acids is 1. The largest absolute Gasteiger partial charge is 0.466 e. The number of rotatable bonds is 3. The summed E-state index contributed by atoms with van der Waals surface area (Å²) in [5, 5.41) is 2.78. The van der Waals surface area contributed by atoms with Gasteiger partial charge >= 0.3 is 0 Å². The number of aromatic nitrogens is 2. The number of morpholine rings is 1. The van der Waals surface area contributed by atoms with E-state index >= 15 is 0 Å². The molecule has 0 spiro atoms. The zero-order valence-corrected chi connectivity index (χ0v) is 12.6. The van der Waals surface area contributed by atoms with Gasteiger partial charge in [-0.15, -0.1) is 0 Å². The molecule has 3 rings (SSSR count). The molecule has 0 atom stereocenters. The van der Waals surface area contributed by atoms with Crippen LogP contribution in [0.3, 0.4) is 0 Å².